The van der Waals surface area contributed by atoms with Gasteiger partial charge in [-0.3, -0.25) is 0 Å². The van der Waals surface area contributed by atoms with E-state index in [0.717, 1.165) is 28.0 Å². The lowest BCUT2D eigenvalue weighted by Crippen LogP contribution is -1.88. The van der Waals surface area contributed by atoms with Crippen molar-refractivity contribution in [1.29, 1.82) is 0 Å². The fourth-order valence-corrected chi connectivity index (χ4v) is 1.60. The number of pyridine rings is 1. The number of nitrogens with one attached hydrogen (secondary N) is 3. The van der Waals surface area contributed by atoms with Crippen LogP contribution < -0.4 is 5.32 Å². The summed E-state index contributed by atoms with van der Waals surface area (Å²) < 4.78 is 0. The van der Waals surface area contributed by atoms with Gasteiger partial charge in [0.15, 0.2) is 0 Å². The van der Waals surface area contributed by atoms with Crippen LogP contribution in [0.1, 0.15) is 0 Å². The number of imidazole rings is 1. The molecular formula is C9H9N5. The molecule has 0 amide bonds. The molecule has 0 saturated heterocycles. The van der Waals surface area contributed by atoms with Gasteiger partial charge >= 0.3 is 0 Å². The molecule has 0 aliphatic carbocycles. The molecule has 0 spiro atoms. The molecule has 0 aliphatic rings. The van der Waals surface area contributed by atoms with E-state index in [1.54, 1.807) is 6.20 Å². The molecule has 0 saturated carbocycles. The second kappa shape index (κ2) is 2.47. The number of hydrogen-bond donors (Lipinski definition) is 3. The van der Waals surface area contributed by atoms with Gasteiger partial charge in [-0.1, -0.05) is 0 Å². The summed E-state index contributed by atoms with van der Waals surface area (Å²) in [4.78, 5) is 14.8. The van der Waals surface area contributed by atoms with Gasteiger partial charge in [-0.2, -0.15) is 0 Å². The molecule has 0 bridgehead atoms. The Bertz CT molecular complexity index is 591. The predicted octanol–water partition coefficient (Wildman–Crippen LogP) is 1.48. The van der Waals surface area contributed by atoms with Gasteiger partial charge in [0.05, 0.1) is 11.7 Å². The van der Waals surface area contributed by atoms with Crippen LogP contribution in [-0.2, 0) is 0 Å². The Morgan fingerprint density at radius 2 is 2.36 bits per heavy atom. The zero-order chi connectivity index (χ0) is 9.54. The Hall–Kier alpha value is -2.04. The molecule has 3 aromatic rings. The van der Waals surface area contributed by atoms with Crippen LogP contribution >= 0.6 is 0 Å². The lowest BCUT2D eigenvalue weighted by atomic mass is 10.3. The number of anilines is 1. The summed E-state index contributed by atoms with van der Waals surface area (Å²) in [6, 6.07) is 1.99. The second-order valence-electron chi connectivity index (χ2n) is 3.09. The molecule has 5 heteroatoms. The maximum Gasteiger partial charge on any atom is 0.200 e. The maximum atomic E-state index is 4.32. The van der Waals surface area contributed by atoms with Gasteiger partial charge in [0, 0.05) is 18.6 Å². The van der Waals surface area contributed by atoms with Gasteiger partial charge in [-0.15, -0.1) is 0 Å². The molecule has 0 atom stereocenters. The van der Waals surface area contributed by atoms with Gasteiger partial charge < -0.3 is 15.3 Å². The first-order valence-corrected chi connectivity index (χ1v) is 4.38. The number of rotatable bonds is 1. The third kappa shape index (κ3) is 0.834. The quantitative estimate of drug-likeness (QED) is 0.540. The largest absolute Gasteiger partial charge is 0.359 e. The Morgan fingerprint density at radius 1 is 1.43 bits per heavy atom. The highest BCUT2D eigenvalue weighted by Crippen LogP contribution is 2.21. The maximum absolute atomic E-state index is 4.32. The van der Waals surface area contributed by atoms with Crippen molar-refractivity contribution in [2.75, 3.05) is 12.4 Å². The van der Waals surface area contributed by atoms with Crippen LogP contribution in [0.2, 0.25) is 0 Å². The molecule has 3 aromatic heterocycles. The number of aromatic nitrogens is 4. The molecule has 3 heterocycles. The van der Waals surface area contributed by atoms with Crippen molar-refractivity contribution in [2.45, 2.75) is 0 Å². The number of aromatic amines is 2. The summed E-state index contributed by atoms with van der Waals surface area (Å²) >= 11 is 0. The Labute approximate surface area is 79.6 Å². The number of nitrogens with zero attached hydrogens (tertiary/aromatic N) is 2. The highest BCUT2D eigenvalue weighted by molar-refractivity contribution is 6.01. The molecule has 0 fully saturated rings. The van der Waals surface area contributed by atoms with E-state index in [2.05, 4.69) is 25.3 Å². The van der Waals surface area contributed by atoms with E-state index in [0.29, 0.717) is 0 Å². The van der Waals surface area contributed by atoms with Crippen molar-refractivity contribution in [3.8, 4) is 0 Å². The minimum Gasteiger partial charge on any atom is -0.359 e. The molecule has 70 valence electrons. The molecule has 5 nitrogen and oxygen atoms in total. The van der Waals surface area contributed by atoms with Gasteiger partial charge in [-0.05, 0) is 6.07 Å². The number of fused-ring (bicyclic) bond motifs is 3. The zero-order valence-corrected chi connectivity index (χ0v) is 7.63. The summed E-state index contributed by atoms with van der Waals surface area (Å²) in [6.07, 6.45) is 3.63. The average Bonchev–Trinajstić information content (AvgIpc) is 2.82. The predicted molar refractivity (Wildman–Crippen MR) is 55.3 cm³/mol. The summed E-state index contributed by atoms with van der Waals surface area (Å²) in [6.45, 7) is 0. The van der Waals surface area contributed by atoms with Crippen molar-refractivity contribution in [1.82, 2.24) is 19.9 Å². The molecule has 0 unspecified atom stereocenters. The first-order valence-electron chi connectivity index (χ1n) is 4.38. The van der Waals surface area contributed by atoms with Crippen molar-refractivity contribution >= 4 is 28.0 Å². The minimum atomic E-state index is 0.760. The van der Waals surface area contributed by atoms with E-state index in [4.69, 9.17) is 0 Å². The van der Waals surface area contributed by atoms with Crippen LogP contribution in [0.4, 0.5) is 5.95 Å². The van der Waals surface area contributed by atoms with Crippen LogP contribution in [0.3, 0.4) is 0 Å². The minimum absolute atomic E-state index is 0.760. The van der Waals surface area contributed by atoms with E-state index in [1.165, 1.54) is 0 Å². The van der Waals surface area contributed by atoms with Crippen molar-refractivity contribution in [3.63, 3.8) is 0 Å². The zero-order valence-electron chi connectivity index (χ0n) is 7.63. The van der Waals surface area contributed by atoms with Crippen LogP contribution in [0.5, 0.6) is 0 Å². The van der Waals surface area contributed by atoms with E-state index < -0.39 is 0 Å². The van der Waals surface area contributed by atoms with Gasteiger partial charge in [0.2, 0.25) is 5.95 Å². The second-order valence-corrected chi connectivity index (χ2v) is 3.09. The molecular weight excluding hydrogens is 178 g/mol. The SMILES string of the molecule is CNc1nc2cnc3[nH]ccc3c2[nH]1. The van der Waals surface area contributed by atoms with Gasteiger partial charge in [-0.25, -0.2) is 9.97 Å². The standard InChI is InChI=1S/C9H9N5/c1-10-9-13-6-4-12-8-5(2-3-11-8)7(6)14-9/h2-4H,1H3,(H,11,12)(H2,10,13,14). The fourth-order valence-electron chi connectivity index (χ4n) is 1.60. The summed E-state index contributed by atoms with van der Waals surface area (Å²) in [5.74, 6) is 0.760. The first kappa shape index (κ1) is 7.37. The van der Waals surface area contributed by atoms with E-state index in [9.17, 15) is 0 Å². The highest BCUT2D eigenvalue weighted by Gasteiger charge is 2.06. The summed E-state index contributed by atoms with van der Waals surface area (Å²) in [5, 5.41) is 4.03. The molecule has 3 rings (SSSR count). The number of hydrogen-bond acceptors (Lipinski definition) is 3. The highest BCUT2D eigenvalue weighted by atomic mass is 15.1. The van der Waals surface area contributed by atoms with Crippen LogP contribution in [-0.4, -0.2) is 27.0 Å². The molecule has 0 aromatic carbocycles. The third-order valence-corrected chi connectivity index (χ3v) is 2.28. The summed E-state index contributed by atoms with van der Waals surface area (Å²) in [5.41, 5.74) is 2.77. The normalized spacial score (nSPS) is 11.2. The van der Waals surface area contributed by atoms with Crippen molar-refractivity contribution < 1.29 is 0 Å². The van der Waals surface area contributed by atoms with Crippen LogP contribution in [0.25, 0.3) is 22.1 Å². The Morgan fingerprint density at radius 3 is 3.21 bits per heavy atom. The molecule has 0 radical (unpaired) electrons. The monoisotopic (exact) mass is 187 g/mol. The Balaban J connectivity index is 2.49. The van der Waals surface area contributed by atoms with Crippen LogP contribution in [0.15, 0.2) is 18.5 Å². The van der Waals surface area contributed by atoms with E-state index in [-0.39, 0.29) is 0 Å². The lowest BCUT2D eigenvalue weighted by molar-refractivity contribution is 1.28. The topological polar surface area (TPSA) is 69.4 Å². The van der Waals surface area contributed by atoms with Gasteiger partial charge in [0.1, 0.15) is 11.2 Å². The number of H-pyrrole nitrogens is 2. The average molecular weight is 187 g/mol. The van der Waals surface area contributed by atoms with E-state index in [1.807, 2.05) is 19.3 Å². The molecule has 3 N–H and O–H groups in total. The fraction of sp³-hybridized carbons (Fsp3) is 0.111. The Kier molecular flexibility index (Phi) is 1.30. The van der Waals surface area contributed by atoms with Crippen molar-refractivity contribution in [2.24, 2.45) is 0 Å². The molecule has 0 aliphatic heterocycles. The molecule has 14 heavy (non-hydrogen) atoms. The summed E-state index contributed by atoms with van der Waals surface area (Å²) in [7, 11) is 1.83. The first-order chi connectivity index (χ1) is 6.88. The third-order valence-electron chi connectivity index (χ3n) is 2.28. The lowest BCUT2D eigenvalue weighted by Gasteiger charge is -1.89. The van der Waals surface area contributed by atoms with Gasteiger partial charge in [0.25, 0.3) is 0 Å². The smallest absolute Gasteiger partial charge is 0.200 e. The van der Waals surface area contributed by atoms with Crippen LogP contribution in [0, 0.1) is 0 Å². The van der Waals surface area contributed by atoms with E-state index >= 15 is 0 Å². The van der Waals surface area contributed by atoms with Crippen molar-refractivity contribution in [3.05, 3.63) is 18.5 Å².